The summed E-state index contributed by atoms with van der Waals surface area (Å²) in [6.07, 6.45) is 7.12. The van der Waals surface area contributed by atoms with Gasteiger partial charge < -0.3 is 5.11 Å². The first-order valence-corrected chi connectivity index (χ1v) is 8.08. The first-order valence-electron chi connectivity index (χ1n) is 8.08. The largest absolute Gasteiger partial charge is 0.375 e. The van der Waals surface area contributed by atoms with Gasteiger partial charge in [0.1, 0.15) is 11.5 Å². The van der Waals surface area contributed by atoms with Gasteiger partial charge in [-0.2, -0.15) is 0 Å². The number of hydrogen-bond acceptors (Lipinski definition) is 3. The summed E-state index contributed by atoms with van der Waals surface area (Å²) in [5.41, 5.74) is -0.772. The Morgan fingerprint density at radius 1 is 1.32 bits per heavy atom. The Balaban J connectivity index is 1.90. The lowest BCUT2D eigenvalue weighted by Gasteiger charge is -2.61. The van der Waals surface area contributed by atoms with Gasteiger partial charge >= 0.3 is 0 Å². The lowest BCUT2D eigenvalue weighted by Crippen LogP contribution is -2.68. The van der Waals surface area contributed by atoms with E-state index in [-0.39, 0.29) is 11.3 Å². The van der Waals surface area contributed by atoms with E-state index in [1.54, 1.807) is 0 Å². The van der Waals surface area contributed by atoms with E-state index in [1.165, 1.54) is 0 Å². The Bertz CT molecular complexity index is 423. The Labute approximate surface area is 115 Å². The van der Waals surface area contributed by atoms with Gasteiger partial charge in [0.05, 0.1) is 0 Å². The van der Waals surface area contributed by atoms with Crippen molar-refractivity contribution >= 4 is 5.78 Å². The lowest BCUT2D eigenvalue weighted by molar-refractivity contribution is -0.264. The van der Waals surface area contributed by atoms with Gasteiger partial charge in [-0.15, -0.1) is 0 Å². The van der Waals surface area contributed by atoms with E-state index in [9.17, 15) is 9.90 Å². The summed E-state index contributed by atoms with van der Waals surface area (Å²) in [4.78, 5) is 14.9. The molecule has 106 valence electrons. The number of hydrogen-bond donors (Lipinski definition) is 1. The van der Waals surface area contributed by atoms with Crippen molar-refractivity contribution in [3.63, 3.8) is 0 Å². The summed E-state index contributed by atoms with van der Waals surface area (Å²) in [7, 11) is 0. The molecule has 2 heterocycles. The Hall–Kier alpha value is -0.410. The van der Waals surface area contributed by atoms with Gasteiger partial charge in [0.2, 0.25) is 0 Å². The Morgan fingerprint density at radius 2 is 2.11 bits per heavy atom. The molecule has 2 aliphatic heterocycles. The summed E-state index contributed by atoms with van der Waals surface area (Å²) < 4.78 is 0. The van der Waals surface area contributed by atoms with Gasteiger partial charge in [-0.1, -0.05) is 6.92 Å². The van der Waals surface area contributed by atoms with Crippen molar-refractivity contribution in [2.45, 2.75) is 57.6 Å². The number of Topliss-reactive ketones (excluding diaryl/α,β-unsaturated/α-hetero) is 1. The van der Waals surface area contributed by atoms with Crippen LogP contribution in [-0.4, -0.2) is 34.6 Å². The average Bonchev–Trinajstić information content (AvgIpc) is 2.59. The first kappa shape index (κ1) is 12.3. The quantitative estimate of drug-likeness (QED) is 0.728. The van der Waals surface area contributed by atoms with Gasteiger partial charge in [-0.25, -0.2) is 0 Å². The van der Waals surface area contributed by atoms with Crippen molar-refractivity contribution in [1.82, 2.24) is 4.90 Å². The molecule has 19 heavy (non-hydrogen) atoms. The third-order valence-corrected chi connectivity index (χ3v) is 6.71. The Kier molecular flexibility index (Phi) is 2.48. The highest BCUT2D eigenvalue weighted by Gasteiger charge is 2.69. The number of ketones is 1. The fraction of sp³-hybridized carbons (Fsp3) is 0.938. The summed E-state index contributed by atoms with van der Waals surface area (Å²) in [6.45, 7) is 4.27. The van der Waals surface area contributed by atoms with Crippen LogP contribution in [0.3, 0.4) is 0 Å². The lowest BCUT2D eigenvalue weighted by atomic mass is 9.53. The SMILES string of the molecule is CC1CC2CC(=O)[C@H]3CCCN4CCCC23C4(O)C1. The number of aliphatic hydroxyl groups is 1. The second-order valence-corrected chi connectivity index (χ2v) is 7.55. The van der Waals surface area contributed by atoms with Crippen LogP contribution in [0.4, 0.5) is 0 Å². The molecule has 0 aromatic rings. The van der Waals surface area contributed by atoms with Crippen molar-refractivity contribution in [3.05, 3.63) is 0 Å². The second-order valence-electron chi connectivity index (χ2n) is 7.55. The molecule has 0 radical (unpaired) electrons. The highest BCUT2D eigenvalue weighted by atomic mass is 16.3. The monoisotopic (exact) mass is 263 g/mol. The molecule has 3 heteroatoms. The molecule has 2 saturated heterocycles. The maximum atomic E-state index is 12.5. The fourth-order valence-corrected chi connectivity index (χ4v) is 6.23. The minimum atomic E-state index is -0.680. The topological polar surface area (TPSA) is 40.5 Å². The van der Waals surface area contributed by atoms with Crippen molar-refractivity contribution in [1.29, 1.82) is 0 Å². The summed E-state index contributed by atoms with van der Waals surface area (Å²) in [5.74, 6) is 1.61. The third-order valence-electron chi connectivity index (χ3n) is 6.71. The van der Waals surface area contributed by atoms with Crippen LogP contribution < -0.4 is 0 Å². The van der Waals surface area contributed by atoms with Crippen LogP contribution >= 0.6 is 0 Å². The van der Waals surface area contributed by atoms with E-state index in [0.29, 0.717) is 17.6 Å². The fourth-order valence-electron chi connectivity index (χ4n) is 6.23. The highest BCUT2D eigenvalue weighted by molar-refractivity contribution is 5.85. The Morgan fingerprint density at radius 3 is 2.95 bits per heavy atom. The standard InChI is InChI=1S/C16H25NO2/c1-11-8-12-9-14(18)13-4-2-6-17-7-3-5-15(12,13)16(17,19)10-11/h11-13,19H,2-10H2,1H3/t11?,12?,13-,15?,16?/m1/s1. The molecule has 6 atom stereocenters. The zero-order valence-electron chi connectivity index (χ0n) is 11.9. The molecule has 4 fully saturated rings. The van der Waals surface area contributed by atoms with Crippen LogP contribution in [0.2, 0.25) is 0 Å². The predicted octanol–water partition coefficient (Wildman–Crippen LogP) is 2.19. The van der Waals surface area contributed by atoms with E-state index < -0.39 is 5.72 Å². The smallest absolute Gasteiger partial charge is 0.137 e. The molecule has 4 aliphatic rings. The zero-order valence-corrected chi connectivity index (χ0v) is 11.9. The summed E-state index contributed by atoms with van der Waals surface area (Å²) in [5, 5.41) is 11.6. The minimum absolute atomic E-state index is 0.0919. The third kappa shape index (κ3) is 1.33. The van der Waals surface area contributed by atoms with Crippen LogP contribution in [0.25, 0.3) is 0 Å². The van der Waals surface area contributed by atoms with Crippen molar-refractivity contribution in [2.75, 3.05) is 13.1 Å². The van der Waals surface area contributed by atoms with Crippen molar-refractivity contribution in [3.8, 4) is 0 Å². The molecule has 2 saturated carbocycles. The molecule has 4 rings (SSSR count). The maximum Gasteiger partial charge on any atom is 0.137 e. The molecule has 0 aromatic heterocycles. The molecular formula is C16H25NO2. The number of carbonyl (C=O) groups is 1. The molecule has 1 spiro atoms. The highest BCUT2D eigenvalue weighted by Crippen LogP contribution is 2.66. The average molecular weight is 263 g/mol. The van der Waals surface area contributed by atoms with Crippen LogP contribution in [0.5, 0.6) is 0 Å². The minimum Gasteiger partial charge on any atom is -0.375 e. The van der Waals surface area contributed by atoms with E-state index in [4.69, 9.17) is 0 Å². The van der Waals surface area contributed by atoms with Crippen LogP contribution in [-0.2, 0) is 4.79 Å². The van der Waals surface area contributed by atoms with Crippen LogP contribution in [0.15, 0.2) is 0 Å². The van der Waals surface area contributed by atoms with E-state index >= 15 is 0 Å². The van der Waals surface area contributed by atoms with E-state index in [0.717, 1.165) is 58.0 Å². The molecule has 2 aliphatic carbocycles. The number of piperidine rings is 1. The van der Waals surface area contributed by atoms with Crippen LogP contribution in [0, 0.1) is 23.2 Å². The normalized spacial score (nSPS) is 56.6. The summed E-state index contributed by atoms with van der Waals surface area (Å²) >= 11 is 0. The molecule has 1 N–H and O–H groups in total. The van der Waals surface area contributed by atoms with E-state index in [1.807, 2.05) is 0 Å². The van der Waals surface area contributed by atoms with Crippen molar-refractivity contribution in [2.24, 2.45) is 23.2 Å². The van der Waals surface area contributed by atoms with E-state index in [2.05, 4.69) is 11.8 Å². The predicted molar refractivity (Wildman–Crippen MR) is 72.4 cm³/mol. The molecular weight excluding hydrogens is 238 g/mol. The number of rotatable bonds is 0. The van der Waals surface area contributed by atoms with Gasteiger partial charge in [-0.3, -0.25) is 9.69 Å². The second kappa shape index (κ2) is 3.82. The molecule has 2 bridgehead atoms. The van der Waals surface area contributed by atoms with Gasteiger partial charge in [0, 0.05) is 30.8 Å². The van der Waals surface area contributed by atoms with Crippen LogP contribution in [0.1, 0.15) is 51.9 Å². The summed E-state index contributed by atoms with van der Waals surface area (Å²) in [6, 6.07) is 0. The molecule has 0 aromatic carbocycles. The van der Waals surface area contributed by atoms with Gasteiger partial charge in [0.25, 0.3) is 0 Å². The van der Waals surface area contributed by atoms with Gasteiger partial charge in [-0.05, 0) is 50.4 Å². The zero-order chi connectivity index (χ0) is 13.3. The molecule has 5 unspecified atom stereocenters. The molecule has 3 nitrogen and oxygen atoms in total. The number of carbonyl (C=O) groups excluding carboxylic acids is 1. The maximum absolute atomic E-state index is 12.5. The first-order chi connectivity index (χ1) is 9.08. The van der Waals surface area contributed by atoms with Gasteiger partial charge in [0.15, 0.2) is 0 Å². The van der Waals surface area contributed by atoms with Crippen molar-refractivity contribution < 1.29 is 9.90 Å². The molecule has 0 amide bonds. The number of nitrogens with zero attached hydrogens (tertiary/aromatic N) is 1.